The molecule has 102 valence electrons. The molecule has 0 aliphatic rings. The fourth-order valence-corrected chi connectivity index (χ4v) is 1.41. The average Bonchev–Trinajstić information content (AvgIpc) is 2.26. The maximum atomic E-state index is 12.8. The van der Waals surface area contributed by atoms with Gasteiger partial charge in [0, 0.05) is 17.9 Å². The molecule has 0 aliphatic heterocycles. The van der Waals surface area contributed by atoms with E-state index in [1.54, 1.807) is 0 Å². The summed E-state index contributed by atoms with van der Waals surface area (Å²) in [6.45, 7) is 6.50. The molecule has 0 saturated carbocycles. The smallest absolute Gasteiger partial charge is 0.399 e. The summed E-state index contributed by atoms with van der Waals surface area (Å²) in [5, 5.41) is 2.86. The monoisotopic (exact) mass is 260 g/mol. The van der Waals surface area contributed by atoms with E-state index in [2.05, 4.69) is 5.32 Å². The fraction of sp³-hybridized carbons (Fsp3) is 0.538. The SMILES string of the molecule is CCC(C)(C)CNc1ccc(N)cc1C(F)(F)F. The molecule has 1 aromatic rings. The lowest BCUT2D eigenvalue weighted by Crippen LogP contribution is -2.23. The molecule has 18 heavy (non-hydrogen) atoms. The third kappa shape index (κ3) is 3.82. The molecule has 0 bridgehead atoms. The summed E-state index contributed by atoms with van der Waals surface area (Å²) in [5.74, 6) is 0. The van der Waals surface area contributed by atoms with E-state index in [1.165, 1.54) is 12.1 Å². The number of rotatable bonds is 4. The second-order valence-corrected chi connectivity index (χ2v) is 5.17. The highest BCUT2D eigenvalue weighted by atomic mass is 19.4. The summed E-state index contributed by atoms with van der Waals surface area (Å²) in [7, 11) is 0. The van der Waals surface area contributed by atoms with Gasteiger partial charge in [0.15, 0.2) is 0 Å². The van der Waals surface area contributed by atoms with Gasteiger partial charge in [0.2, 0.25) is 0 Å². The lowest BCUT2D eigenvalue weighted by atomic mass is 9.90. The molecule has 0 atom stereocenters. The number of nitrogens with one attached hydrogen (secondary N) is 1. The van der Waals surface area contributed by atoms with Crippen LogP contribution in [0.5, 0.6) is 0 Å². The molecule has 0 aromatic heterocycles. The molecule has 0 amide bonds. The maximum absolute atomic E-state index is 12.8. The van der Waals surface area contributed by atoms with Gasteiger partial charge in [-0.25, -0.2) is 0 Å². The van der Waals surface area contributed by atoms with E-state index < -0.39 is 11.7 Å². The van der Waals surface area contributed by atoms with E-state index in [-0.39, 0.29) is 16.8 Å². The van der Waals surface area contributed by atoms with Gasteiger partial charge in [-0.2, -0.15) is 13.2 Å². The first-order chi connectivity index (χ1) is 8.15. The minimum Gasteiger partial charge on any atom is -0.399 e. The van der Waals surface area contributed by atoms with Crippen LogP contribution in [0.3, 0.4) is 0 Å². The summed E-state index contributed by atoms with van der Waals surface area (Å²) in [4.78, 5) is 0. The average molecular weight is 260 g/mol. The van der Waals surface area contributed by atoms with Crippen LogP contribution in [0.1, 0.15) is 32.8 Å². The molecule has 0 radical (unpaired) electrons. The number of hydrogen-bond acceptors (Lipinski definition) is 2. The highest BCUT2D eigenvalue weighted by Crippen LogP contribution is 2.36. The predicted molar refractivity (Wildman–Crippen MR) is 68.4 cm³/mol. The third-order valence-electron chi connectivity index (χ3n) is 3.06. The van der Waals surface area contributed by atoms with Gasteiger partial charge in [0.25, 0.3) is 0 Å². The van der Waals surface area contributed by atoms with Gasteiger partial charge < -0.3 is 11.1 Å². The lowest BCUT2D eigenvalue weighted by molar-refractivity contribution is -0.136. The van der Waals surface area contributed by atoms with Crippen molar-refractivity contribution in [3.8, 4) is 0 Å². The highest BCUT2D eigenvalue weighted by molar-refractivity contribution is 5.59. The van der Waals surface area contributed by atoms with Crippen LogP contribution >= 0.6 is 0 Å². The molecule has 0 aliphatic carbocycles. The molecular weight excluding hydrogens is 241 g/mol. The third-order valence-corrected chi connectivity index (χ3v) is 3.06. The number of nitrogen functional groups attached to an aromatic ring is 1. The molecule has 3 N–H and O–H groups in total. The highest BCUT2D eigenvalue weighted by Gasteiger charge is 2.34. The summed E-state index contributed by atoms with van der Waals surface area (Å²) in [6, 6.07) is 3.81. The van der Waals surface area contributed by atoms with Crippen molar-refractivity contribution in [2.75, 3.05) is 17.6 Å². The van der Waals surface area contributed by atoms with Crippen LogP contribution in [-0.2, 0) is 6.18 Å². The van der Waals surface area contributed by atoms with E-state index in [0.717, 1.165) is 12.5 Å². The predicted octanol–water partition coefficient (Wildman–Crippen LogP) is 4.14. The molecule has 0 unspecified atom stereocenters. The Hall–Kier alpha value is -1.39. The molecule has 0 saturated heterocycles. The Morgan fingerprint density at radius 1 is 1.22 bits per heavy atom. The first kappa shape index (κ1) is 14.7. The van der Waals surface area contributed by atoms with Crippen LogP contribution in [0.2, 0.25) is 0 Å². The Balaban J connectivity index is 2.96. The van der Waals surface area contributed by atoms with Crippen LogP contribution in [0.15, 0.2) is 18.2 Å². The van der Waals surface area contributed by atoms with Gasteiger partial charge in [-0.15, -0.1) is 0 Å². The van der Waals surface area contributed by atoms with Crippen molar-refractivity contribution in [2.45, 2.75) is 33.4 Å². The Morgan fingerprint density at radius 2 is 1.83 bits per heavy atom. The Morgan fingerprint density at radius 3 is 2.33 bits per heavy atom. The first-order valence-corrected chi connectivity index (χ1v) is 5.86. The van der Waals surface area contributed by atoms with E-state index in [0.29, 0.717) is 6.54 Å². The van der Waals surface area contributed by atoms with Crippen LogP contribution < -0.4 is 11.1 Å². The second-order valence-electron chi connectivity index (χ2n) is 5.17. The molecule has 0 spiro atoms. The minimum absolute atomic E-state index is 0.0513. The largest absolute Gasteiger partial charge is 0.418 e. The van der Waals surface area contributed by atoms with Crippen molar-refractivity contribution >= 4 is 11.4 Å². The molecule has 1 aromatic carbocycles. The van der Waals surface area contributed by atoms with E-state index in [4.69, 9.17) is 5.73 Å². The minimum atomic E-state index is -4.39. The number of alkyl halides is 3. The Bertz CT molecular complexity index is 411. The van der Waals surface area contributed by atoms with Crippen molar-refractivity contribution in [2.24, 2.45) is 5.41 Å². The number of anilines is 2. The van der Waals surface area contributed by atoms with Gasteiger partial charge in [-0.05, 0) is 30.0 Å². The number of hydrogen-bond donors (Lipinski definition) is 2. The Labute approximate surface area is 105 Å². The summed E-state index contributed by atoms with van der Waals surface area (Å²) in [6.07, 6.45) is -3.51. The van der Waals surface area contributed by atoms with Crippen molar-refractivity contribution in [1.29, 1.82) is 0 Å². The molecular formula is C13H19F3N2. The summed E-state index contributed by atoms with van der Waals surface area (Å²) in [5.41, 5.74) is 4.83. The van der Waals surface area contributed by atoms with E-state index >= 15 is 0 Å². The maximum Gasteiger partial charge on any atom is 0.418 e. The molecule has 0 fully saturated rings. The Kier molecular flexibility index (Phi) is 4.14. The first-order valence-electron chi connectivity index (χ1n) is 5.86. The van der Waals surface area contributed by atoms with Gasteiger partial charge in [0.1, 0.15) is 0 Å². The van der Waals surface area contributed by atoms with Crippen molar-refractivity contribution in [3.63, 3.8) is 0 Å². The van der Waals surface area contributed by atoms with Crippen LogP contribution in [0.25, 0.3) is 0 Å². The zero-order chi connectivity index (χ0) is 14.0. The van der Waals surface area contributed by atoms with Crippen LogP contribution in [0, 0.1) is 5.41 Å². The van der Waals surface area contributed by atoms with E-state index in [1.807, 2.05) is 20.8 Å². The fourth-order valence-electron chi connectivity index (χ4n) is 1.41. The molecule has 1 rings (SSSR count). The second kappa shape index (κ2) is 5.08. The van der Waals surface area contributed by atoms with Gasteiger partial charge in [-0.3, -0.25) is 0 Å². The van der Waals surface area contributed by atoms with Crippen LogP contribution in [-0.4, -0.2) is 6.54 Å². The zero-order valence-corrected chi connectivity index (χ0v) is 10.9. The van der Waals surface area contributed by atoms with E-state index in [9.17, 15) is 13.2 Å². The van der Waals surface area contributed by atoms with Crippen molar-refractivity contribution < 1.29 is 13.2 Å². The van der Waals surface area contributed by atoms with Crippen molar-refractivity contribution in [1.82, 2.24) is 0 Å². The lowest BCUT2D eigenvalue weighted by Gasteiger charge is -2.25. The molecule has 0 heterocycles. The van der Waals surface area contributed by atoms with Gasteiger partial charge >= 0.3 is 6.18 Å². The standard InChI is InChI=1S/C13H19F3N2/c1-4-12(2,3)8-18-11-6-5-9(17)7-10(11)13(14,15)16/h5-7,18H,4,8,17H2,1-3H3. The molecule has 5 heteroatoms. The van der Waals surface area contributed by atoms with Crippen LogP contribution in [0.4, 0.5) is 24.5 Å². The quantitative estimate of drug-likeness (QED) is 0.799. The summed E-state index contributed by atoms with van der Waals surface area (Å²) >= 11 is 0. The topological polar surface area (TPSA) is 38.0 Å². The summed E-state index contributed by atoms with van der Waals surface area (Å²) < 4.78 is 38.5. The number of halogens is 3. The normalized spacial score (nSPS) is 12.6. The number of benzene rings is 1. The van der Waals surface area contributed by atoms with Gasteiger partial charge in [0.05, 0.1) is 5.56 Å². The van der Waals surface area contributed by atoms with Gasteiger partial charge in [-0.1, -0.05) is 20.8 Å². The zero-order valence-electron chi connectivity index (χ0n) is 10.9. The molecule has 2 nitrogen and oxygen atoms in total. The van der Waals surface area contributed by atoms with Crippen molar-refractivity contribution in [3.05, 3.63) is 23.8 Å². The number of nitrogens with two attached hydrogens (primary N) is 1.